The van der Waals surface area contributed by atoms with E-state index < -0.39 is 31.6 Å². The number of aromatic nitrogens is 1. The Morgan fingerprint density at radius 1 is 1.56 bits per heavy atom. The number of hydrogen-bond acceptors (Lipinski definition) is 4. The van der Waals surface area contributed by atoms with Gasteiger partial charge in [-0.05, 0) is 13.0 Å². The van der Waals surface area contributed by atoms with E-state index in [0.717, 1.165) is 6.07 Å². The largest absolute Gasteiger partial charge is 0.278 e. The summed E-state index contributed by atoms with van der Waals surface area (Å²) in [6, 6.07) is 2.22. The minimum atomic E-state index is -4.14. The molecule has 1 heterocycles. The second-order valence-electron chi connectivity index (χ2n) is 2.86. The predicted molar refractivity (Wildman–Crippen MR) is 51.7 cm³/mol. The molecule has 1 rings (SSSR count). The van der Waals surface area contributed by atoms with Crippen molar-refractivity contribution in [1.82, 2.24) is 4.98 Å². The van der Waals surface area contributed by atoms with Crippen LogP contribution >= 0.6 is 10.7 Å². The topological polar surface area (TPSA) is 70.8 Å². The van der Waals surface area contributed by atoms with Crippen LogP contribution in [0.3, 0.4) is 0 Å². The van der Waals surface area contributed by atoms with E-state index in [1.165, 1.54) is 13.0 Å². The Morgan fingerprint density at radius 2 is 2.12 bits per heavy atom. The zero-order valence-electron chi connectivity index (χ0n) is 7.91. The molecule has 0 aliphatic rings. The van der Waals surface area contributed by atoms with E-state index in [1.807, 2.05) is 0 Å². The lowest BCUT2D eigenvalue weighted by Crippen LogP contribution is -2.04. The molecule has 0 N–H and O–H groups in total. The minimum absolute atomic E-state index is 0.228. The van der Waals surface area contributed by atoms with Crippen LogP contribution in [0.5, 0.6) is 0 Å². The van der Waals surface area contributed by atoms with Crippen LogP contribution in [-0.4, -0.2) is 13.4 Å². The summed E-state index contributed by atoms with van der Waals surface area (Å²) in [5.74, 6) is 0. The van der Waals surface area contributed by atoms with Gasteiger partial charge in [-0.25, -0.2) is 22.2 Å². The Balaban J connectivity index is 3.59. The van der Waals surface area contributed by atoms with Gasteiger partial charge in [-0.3, -0.25) is 0 Å². The second kappa shape index (κ2) is 4.31. The quantitative estimate of drug-likeness (QED) is 0.769. The van der Waals surface area contributed by atoms with Gasteiger partial charge < -0.3 is 0 Å². The van der Waals surface area contributed by atoms with Crippen LogP contribution in [0.25, 0.3) is 0 Å². The molecule has 0 spiro atoms. The Bertz CT molecular complexity index is 566. The van der Waals surface area contributed by atoms with E-state index in [4.69, 9.17) is 15.9 Å². The van der Waals surface area contributed by atoms with Crippen molar-refractivity contribution in [1.29, 1.82) is 5.26 Å². The molecule has 16 heavy (non-hydrogen) atoms. The molecule has 0 aliphatic heterocycles. The highest BCUT2D eigenvalue weighted by Gasteiger charge is 2.22. The summed E-state index contributed by atoms with van der Waals surface area (Å²) in [5.41, 5.74) is -1.25. The first-order valence-electron chi connectivity index (χ1n) is 3.92. The summed E-state index contributed by atoms with van der Waals surface area (Å²) in [5, 5.41) is 8.03. The maximum absolute atomic E-state index is 12.5. The third-order valence-corrected chi connectivity index (χ3v) is 3.00. The van der Waals surface area contributed by atoms with E-state index in [9.17, 15) is 17.2 Å². The van der Waals surface area contributed by atoms with Crippen LogP contribution in [0.4, 0.5) is 8.78 Å². The van der Waals surface area contributed by atoms with E-state index in [1.54, 1.807) is 0 Å². The van der Waals surface area contributed by atoms with Crippen molar-refractivity contribution in [2.75, 3.05) is 0 Å². The van der Waals surface area contributed by atoms with E-state index >= 15 is 0 Å². The van der Waals surface area contributed by atoms with Gasteiger partial charge in [-0.2, -0.15) is 5.26 Å². The van der Waals surface area contributed by atoms with Crippen molar-refractivity contribution in [2.45, 2.75) is 18.4 Å². The van der Waals surface area contributed by atoms with Crippen molar-refractivity contribution >= 4 is 19.7 Å². The molecule has 1 aromatic rings. The van der Waals surface area contributed by atoms with Gasteiger partial charge in [0.25, 0.3) is 15.5 Å². The smallest absolute Gasteiger partial charge is 0.240 e. The average Bonchev–Trinajstić information content (AvgIpc) is 2.14. The van der Waals surface area contributed by atoms with Crippen LogP contribution in [0.15, 0.2) is 11.1 Å². The van der Waals surface area contributed by atoms with Crippen molar-refractivity contribution in [3.63, 3.8) is 0 Å². The fourth-order valence-electron chi connectivity index (χ4n) is 1.15. The highest BCUT2D eigenvalue weighted by atomic mass is 35.7. The van der Waals surface area contributed by atoms with Gasteiger partial charge in [0.15, 0.2) is 5.03 Å². The van der Waals surface area contributed by atoms with Crippen LogP contribution < -0.4 is 0 Å². The fraction of sp³-hybridized carbons (Fsp3) is 0.250. The number of hydrogen-bond donors (Lipinski definition) is 0. The third-order valence-electron chi connectivity index (χ3n) is 1.81. The van der Waals surface area contributed by atoms with Gasteiger partial charge >= 0.3 is 0 Å². The first kappa shape index (κ1) is 12.8. The molecular formula is C8H5ClF2N2O2S. The summed E-state index contributed by atoms with van der Waals surface area (Å²) in [6.07, 6.45) is -2.89. The lowest BCUT2D eigenvalue weighted by atomic mass is 10.1. The third kappa shape index (κ3) is 2.46. The highest BCUT2D eigenvalue weighted by Crippen LogP contribution is 2.27. The maximum atomic E-state index is 12.5. The fourth-order valence-corrected chi connectivity index (χ4v) is 1.89. The molecule has 0 aliphatic carbocycles. The SMILES string of the molecule is Cc1nc(S(=O)(=O)Cl)cc(C#N)c1C(F)F. The molecule has 0 amide bonds. The first-order valence-corrected chi connectivity index (χ1v) is 6.22. The van der Waals surface area contributed by atoms with Crippen molar-refractivity contribution in [2.24, 2.45) is 0 Å². The van der Waals surface area contributed by atoms with Crippen LogP contribution in [-0.2, 0) is 9.05 Å². The maximum Gasteiger partial charge on any atom is 0.278 e. The van der Waals surface area contributed by atoms with Gasteiger partial charge in [0.2, 0.25) is 0 Å². The molecule has 0 saturated heterocycles. The molecule has 0 saturated carbocycles. The summed E-state index contributed by atoms with van der Waals surface area (Å²) < 4.78 is 46.9. The highest BCUT2D eigenvalue weighted by molar-refractivity contribution is 8.13. The number of aryl methyl sites for hydroxylation is 1. The summed E-state index contributed by atoms with van der Waals surface area (Å²) >= 11 is 0. The number of alkyl halides is 2. The predicted octanol–water partition coefficient (Wildman–Crippen LogP) is 2.13. The number of pyridine rings is 1. The Hall–Kier alpha value is -1.26. The molecule has 0 atom stereocenters. The van der Waals surface area contributed by atoms with Crippen molar-refractivity contribution in [3.8, 4) is 6.07 Å². The standard InChI is InChI=1S/C8H5ClF2N2O2S/c1-4-7(8(10)11)5(3-12)2-6(13-4)16(9,14)15/h2,8H,1H3. The normalized spacial score (nSPS) is 11.5. The molecule has 86 valence electrons. The molecule has 0 unspecified atom stereocenters. The Kier molecular flexibility index (Phi) is 3.45. The molecule has 8 heteroatoms. The average molecular weight is 267 g/mol. The summed E-state index contributed by atoms with van der Waals surface area (Å²) in [4.78, 5) is 3.42. The second-order valence-corrected chi connectivity index (χ2v) is 5.37. The minimum Gasteiger partial charge on any atom is -0.240 e. The monoisotopic (exact) mass is 266 g/mol. The van der Waals surface area contributed by atoms with Gasteiger partial charge in [0.1, 0.15) is 0 Å². The number of nitriles is 1. The summed E-state index contributed by atoms with van der Waals surface area (Å²) in [6.45, 7) is 1.19. The number of nitrogens with zero attached hydrogens (tertiary/aromatic N) is 2. The molecular weight excluding hydrogens is 262 g/mol. The van der Waals surface area contributed by atoms with Crippen LogP contribution in [0.2, 0.25) is 0 Å². The van der Waals surface area contributed by atoms with Crippen molar-refractivity contribution in [3.05, 3.63) is 22.9 Å². The van der Waals surface area contributed by atoms with Gasteiger partial charge in [-0.1, -0.05) is 0 Å². The molecule has 4 nitrogen and oxygen atoms in total. The van der Waals surface area contributed by atoms with Gasteiger partial charge in [-0.15, -0.1) is 0 Å². The zero-order valence-corrected chi connectivity index (χ0v) is 9.48. The van der Waals surface area contributed by atoms with Crippen LogP contribution in [0, 0.1) is 18.3 Å². The first-order chi connectivity index (χ1) is 7.27. The van der Waals surface area contributed by atoms with E-state index in [2.05, 4.69) is 4.98 Å². The van der Waals surface area contributed by atoms with E-state index in [0.29, 0.717) is 0 Å². The Labute approximate surface area is 94.9 Å². The Morgan fingerprint density at radius 3 is 2.50 bits per heavy atom. The number of rotatable bonds is 2. The van der Waals surface area contributed by atoms with Crippen molar-refractivity contribution < 1.29 is 17.2 Å². The van der Waals surface area contributed by atoms with Gasteiger partial charge in [0.05, 0.1) is 17.2 Å². The summed E-state index contributed by atoms with van der Waals surface area (Å²) in [7, 11) is 0.869. The zero-order chi connectivity index (χ0) is 12.5. The molecule has 0 radical (unpaired) electrons. The lowest BCUT2D eigenvalue weighted by molar-refractivity contribution is 0.149. The molecule has 0 fully saturated rings. The van der Waals surface area contributed by atoms with Crippen LogP contribution in [0.1, 0.15) is 23.2 Å². The number of halogens is 3. The lowest BCUT2D eigenvalue weighted by Gasteiger charge is -2.07. The van der Waals surface area contributed by atoms with E-state index in [-0.39, 0.29) is 5.69 Å². The molecule has 0 bridgehead atoms. The molecule has 0 aromatic carbocycles. The molecule has 1 aromatic heterocycles. The van der Waals surface area contributed by atoms with Gasteiger partial charge in [0, 0.05) is 16.4 Å².